The van der Waals surface area contributed by atoms with E-state index in [4.69, 9.17) is 4.74 Å². The summed E-state index contributed by atoms with van der Waals surface area (Å²) in [4.78, 5) is 4.59. The molecule has 1 heterocycles. The third-order valence-electron chi connectivity index (χ3n) is 3.31. The molecule has 0 amide bonds. The number of aliphatic imine (C=N–C) groups is 1. The van der Waals surface area contributed by atoms with Crippen molar-refractivity contribution in [2.75, 3.05) is 19.0 Å². The number of thioether (sulfide) groups is 1. The van der Waals surface area contributed by atoms with E-state index in [0.717, 1.165) is 28.6 Å². The van der Waals surface area contributed by atoms with Gasteiger partial charge in [-0.15, -0.1) is 0 Å². The maximum absolute atomic E-state index is 5.15. The van der Waals surface area contributed by atoms with Gasteiger partial charge in [0.1, 0.15) is 0 Å². The Morgan fingerprint density at radius 2 is 2.33 bits per heavy atom. The Labute approximate surface area is 112 Å². The van der Waals surface area contributed by atoms with E-state index in [1.807, 2.05) is 11.8 Å². The van der Waals surface area contributed by atoms with Crippen LogP contribution in [0.2, 0.25) is 0 Å². The van der Waals surface area contributed by atoms with Crippen LogP contribution in [-0.4, -0.2) is 24.1 Å². The largest absolute Gasteiger partial charge is 0.380 e. The van der Waals surface area contributed by atoms with E-state index in [2.05, 4.69) is 34.6 Å². The van der Waals surface area contributed by atoms with Gasteiger partial charge in [0.05, 0.1) is 13.2 Å². The van der Waals surface area contributed by atoms with E-state index in [1.54, 1.807) is 7.11 Å². The summed E-state index contributed by atoms with van der Waals surface area (Å²) in [5.41, 5.74) is 2.29. The lowest BCUT2D eigenvalue weighted by atomic mass is 10.2. The SMILES string of the molecule is COCc1cccc(NC2=NCC(C3CC3)S2)c1. The zero-order chi connectivity index (χ0) is 12.4. The van der Waals surface area contributed by atoms with Crippen molar-refractivity contribution in [2.45, 2.75) is 24.7 Å². The van der Waals surface area contributed by atoms with Crippen LogP contribution in [0.1, 0.15) is 18.4 Å². The Morgan fingerprint density at radius 3 is 3.11 bits per heavy atom. The van der Waals surface area contributed by atoms with Crippen molar-refractivity contribution in [3.8, 4) is 0 Å². The average molecular weight is 262 g/mol. The molecule has 3 nitrogen and oxygen atoms in total. The Balaban J connectivity index is 1.60. The standard InChI is InChI=1S/C14H18N2OS/c1-17-9-10-3-2-4-12(7-10)16-14-15-8-13(18-14)11-5-6-11/h2-4,7,11,13H,5-6,8-9H2,1H3,(H,15,16). The first-order valence-corrected chi connectivity index (χ1v) is 7.29. The third kappa shape index (κ3) is 2.87. The van der Waals surface area contributed by atoms with Crippen LogP contribution in [0.25, 0.3) is 0 Å². The van der Waals surface area contributed by atoms with Gasteiger partial charge in [0.2, 0.25) is 0 Å². The van der Waals surface area contributed by atoms with Crippen LogP contribution >= 0.6 is 11.8 Å². The van der Waals surface area contributed by atoms with E-state index in [-0.39, 0.29) is 0 Å². The number of nitrogens with one attached hydrogen (secondary N) is 1. The van der Waals surface area contributed by atoms with Gasteiger partial charge in [-0.05, 0) is 36.5 Å². The topological polar surface area (TPSA) is 33.6 Å². The van der Waals surface area contributed by atoms with Gasteiger partial charge in [0.15, 0.2) is 5.17 Å². The van der Waals surface area contributed by atoms with Gasteiger partial charge in [-0.25, -0.2) is 0 Å². The number of rotatable bonds is 4. The molecule has 1 fully saturated rings. The molecule has 2 aliphatic rings. The highest BCUT2D eigenvalue weighted by Crippen LogP contribution is 2.41. The summed E-state index contributed by atoms with van der Waals surface area (Å²) >= 11 is 1.90. The second-order valence-electron chi connectivity index (χ2n) is 4.90. The zero-order valence-corrected chi connectivity index (χ0v) is 11.4. The van der Waals surface area contributed by atoms with E-state index in [1.165, 1.54) is 18.4 Å². The molecule has 0 radical (unpaired) electrons. The summed E-state index contributed by atoms with van der Waals surface area (Å²) < 4.78 is 5.15. The summed E-state index contributed by atoms with van der Waals surface area (Å²) in [7, 11) is 1.72. The quantitative estimate of drug-likeness (QED) is 0.905. The first-order chi connectivity index (χ1) is 8.85. The highest BCUT2D eigenvalue weighted by Gasteiger charge is 2.35. The highest BCUT2D eigenvalue weighted by molar-refractivity contribution is 8.15. The molecule has 1 aromatic rings. The number of hydrogen-bond acceptors (Lipinski definition) is 4. The van der Waals surface area contributed by atoms with Crippen molar-refractivity contribution in [1.82, 2.24) is 0 Å². The third-order valence-corrected chi connectivity index (χ3v) is 4.61. The van der Waals surface area contributed by atoms with Gasteiger partial charge in [0, 0.05) is 18.0 Å². The molecule has 0 spiro atoms. The van der Waals surface area contributed by atoms with Crippen molar-refractivity contribution in [2.24, 2.45) is 10.9 Å². The first-order valence-electron chi connectivity index (χ1n) is 6.41. The molecule has 1 aromatic carbocycles. The van der Waals surface area contributed by atoms with Gasteiger partial charge < -0.3 is 10.1 Å². The minimum atomic E-state index is 0.653. The minimum Gasteiger partial charge on any atom is -0.380 e. The molecular formula is C14H18N2OS. The number of anilines is 1. The molecular weight excluding hydrogens is 244 g/mol. The second-order valence-corrected chi connectivity index (χ2v) is 6.13. The number of benzene rings is 1. The molecule has 0 aromatic heterocycles. The smallest absolute Gasteiger partial charge is 0.161 e. The van der Waals surface area contributed by atoms with Crippen molar-refractivity contribution in [3.63, 3.8) is 0 Å². The molecule has 1 unspecified atom stereocenters. The number of amidine groups is 1. The monoisotopic (exact) mass is 262 g/mol. The molecule has 1 aliphatic heterocycles. The van der Waals surface area contributed by atoms with Crippen LogP contribution in [0.5, 0.6) is 0 Å². The normalized spacial score (nSPS) is 22.9. The van der Waals surface area contributed by atoms with Gasteiger partial charge in [-0.2, -0.15) is 0 Å². The van der Waals surface area contributed by atoms with E-state index in [9.17, 15) is 0 Å². The van der Waals surface area contributed by atoms with Crippen LogP contribution in [0.3, 0.4) is 0 Å². The molecule has 1 aliphatic carbocycles. The Morgan fingerprint density at radius 1 is 1.44 bits per heavy atom. The average Bonchev–Trinajstić information content (AvgIpc) is 3.12. The van der Waals surface area contributed by atoms with E-state index in [0.29, 0.717) is 6.61 Å². The van der Waals surface area contributed by atoms with Crippen LogP contribution < -0.4 is 5.32 Å². The highest BCUT2D eigenvalue weighted by atomic mass is 32.2. The molecule has 4 heteroatoms. The van der Waals surface area contributed by atoms with Crippen LogP contribution in [0.15, 0.2) is 29.3 Å². The Bertz CT molecular complexity index is 457. The predicted molar refractivity (Wildman–Crippen MR) is 77.2 cm³/mol. The molecule has 1 saturated carbocycles. The minimum absolute atomic E-state index is 0.653. The lowest BCUT2D eigenvalue weighted by Gasteiger charge is -2.09. The van der Waals surface area contributed by atoms with Gasteiger partial charge in [0.25, 0.3) is 0 Å². The fourth-order valence-electron chi connectivity index (χ4n) is 2.20. The predicted octanol–water partition coefficient (Wildman–Crippen LogP) is 3.13. The first kappa shape index (κ1) is 12.1. The summed E-state index contributed by atoms with van der Waals surface area (Å²) in [6.07, 6.45) is 2.79. The number of methoxy groups -OCH3 is 1. The second kappa shape index (κ2) is 5.33. The lowest BCUT2D eigenvalue weighted by Crippen LogP contribution is -2.09. The molecule has 1 N–H and O–H groups in total. The molecule has 1 atom stereocenters. The van der Waals surface area contributed by atoms with Gasteiger partial charge in [-0.1, -0.05) is 23.9 Å². The maximum Gasteiger partial charge on any atom is 0.161 e. The molecule has 0 bridgehead atoms. The lowest BCUT2D eigenvalue weighted by molar-refractivity contribution is 0.185. The maximum atomic E-state index is 5.15. The van der Waals surface area contributed by atoms with Crippen molar-refractivity contribution < 1.29 is 4.74 Å². The molecule has 96 valence electrons. The zero-order valence-electron chi connectivity index (χ0n) is 10.6. The molecule has 0 saturated heterocycles. The summed E-state index contributed by atoms with van der Waals surface area (Å²) in [5.74, 6) is 0.915. The van der Waals surface area contributed by atoms with Crippen LogP contribution in [0, 0.1) is 5.92 Å². The van der Waals surface area contributed by atoms with Crippen LogP contribution in [-0.2, 0) is 11.3 Å². The van der Waals surface area contributed by atoms with E-state index < -0.39 is 0 Å². The van der Waals surface area contributed by atoms with E-state index >= 15 is 0 Å². The van der Waals surface area contributed by atoms with Gasteiger partial charge >= 0.3 is 0 Å². The number of ether oxygens (including phenoxy) is 1. The summed E-state index contributed by atoms with van der Waals surface area (Å²) in [6, 6.07) is 8.32. The number of nitrogens with zero attached hydrogens (tertiary/aromatic N) is 1. The van der Waals surface area contributed by atoms with Crippen LogP contribution in [0.4, 0.5) is 5.69 Å². The summed E-state index contributed by atoms with van der Waals surface area (Å²) in [5, 5.41) is 5.20. The fourth-order valence-corrected chi connectivity index (χ4v) is 3.43. The van der Waals surface area contributed by atoms with Gasteiger partial charge in [-0.3, -0.25) is 4.99 Å². The van der Waals surface area contributed by atoms with Crippen molar-refractivity contribution >= 4 is 22.6 Å². The van der Waals surface area contributed by atoms with Crippen molar-refractivity contribution in [3.05, 3.63) is 29.8 Å². The molecule has 3 rings (SSSR count). The Kier molecular flexibility index (Phi) is 3.57. The summed E-state index contributed by atoms with van der Waals surface area (Å²) in [6.45, 7) is 1.63. The fraction of sp³-hybridized carbons (Fsp3) is 0.500. The van der Waals surface area contributed by atoms with Crippen molar-refractivity contribution in [1.29, 1.82) is 0 Å². The Hall–Kier alpha value is -1.00. The molecule has 18 heavy (non-hydrogen) atoms. The number of hydrogen-bond donors (Lipinski definition) is 1.